The lowest BCUT2D eigenvalue weighted by atomic mass is 9.81. The maximum absolute atomic E-state index is 13.3. The van der Waals surface area contributed by atoms with Crippen molar-refractivity contribution >= 4 is 23.6 Å². The first-order chi connectivity index (χ1) is 17.0. The van der Waals surface area contributed by atoms with Crippen molar-refractivity contribution < 1.29 is 49.8 Å². The number of aliphatic hydroxyl groups excluding tert-OH is 6. The van der Waals surface area contributed by atoms with Gasteiger partial charge in [0.1, 0.15) is 16.5 Å². The van der Waals surface area contributed by atoms with E-state index in [4.69, 9.17) is 0 Å². The van der Waals surface area contributed by atoms with E-state index in [0.717, 1.165) is 17.7 Å². The maximum atomic E-state index is 13.3. The Balaban J connectivity index is 2.25. The van der Waals surface area contributed by atoms with Crippen LogP contribution in [0.15, 0.2) is 11.1 Å². The second kappa shape index (κ2) is 12.2. The van der Waals surface area contributed by atoms with Gasteiger partial charge in [-0.1, -0.05) is 0 Å². The molecule has 4 amide bonds. The van der Waals surface area contributed by atoms with E-state index in [0.29, 0.717) is 24.0 Å². The summed E-state index contributed by atoms with van der Waals surface area (Å²) in [6, 6.07) is 0. The van der Waals surface area contributed by atoms with E-state index in [1.54, 1.807) is 0 Å². The molecule has 0 aromatic carbocycles. The van der Waals surface area contributed by atoms with E-state index < -0.39 is 67.9 Å². The average Bonchev–Trinajstić information content (AvgIpc) is 3.15. The molecule has 0 bridgehead atoms. The van der Waals surface area contributed by atoms with Gasteiger partial charge in [-0.25, -0.2) is 0 Å². The number of nitrogens with zero attached hydrogens (tertiary/aromatic N) is 1. The number of imide groups is 1. The van der Waals surface area contributed by atoms with Crippen molar-refractivity contribution in [2.24, 2.45) is 5.41 Å². The topological polar surface area (TPSA) is 217 Å². The molecule has 13 nitrogen and oxygen atoms in total. The summed E-state index contributed by atoms with van der Waals surface area (Å²) in [5.41, 5.74) is -4.66. The van der Waals surface area contributed by atoms with E-state index in [9.17, 15) is 49.8 Å². The summed E-state index contributed by atoms with van der Waals surface area (Å²) in [7, 11) is 0. The van der Waals surface area contributed by atoms with E-state index in [1.165, 1.54) is 6.92 Å². The minimum Gasteiger partial charge on any atom is -0.394 e. The lowest BCUT2D eigenvalue weighted by molar-refractivity contribution is -0.148. The summed E-state index contributed by atoms with van der Waals surface area (Å²) in [6.45, 7) is -3.90. The average molecular weight is 516 g/mol. The molecular weight excluding hydrogens is 478 g/mol. The molecule has 0 saturated heterocycles. The van der Waals surface area contributed by atoms with Crippen molar-refractivity contribution in [1.82, 2.24) is 15.5 Å². The third kappa shape index (κ3) is 5.76. The molecular formula is C23H37N3O10. The number of aliphatic hydroxyl groups is 6. The number of hydrogen-bond acceptors (Lipinski definition) is 10. The van der Waals surface area contributed by atoms with Crippen LogP contribution in [0.1, 0.15) is 45.4 Å². The van der Waals surface area contributed by atoms with Gasteiger partial charge in [0.2, 0.25) is 11.8 Å². The molecule has 1 aliphatic carbocycles. The molecule has 204 valence electrons. The molecule has 0 aromatic heterocycles. The number of nitrogens with one attached hydrogen (secondary N) is 2. The molecule has 2 rings (SSSR count). The molecule has 0 unspecified atom stereocenters. The third-order valence-electron chi connectivity index (χ3n) is 7.11. The molecule has 0 spiro atoms. The van der Waals surface area contributed by atoms with Crippen LogP contribution in [-0.2, 0) is 19.2 Å². The van der Waals surface area contributed by atoms with Gasteiger partial charge in [0.25, 0.3) is 11.8 Å². The Bertz CT molecular complexity index is 801. The van der Waals surface area contributed by atoms with Gasteiger partial charge < -0.3 is 41.3 Å². The van der Waals surface area contributed by atoms with Crippen LogP contribution in [0.5, 0.6) is 0 Å². The second-order valence-electron chi connectivity index (χ2n) is 9.78. The van der Waals surface area contributed by atoms with Gasteiger partial charge in [-0.2, -0.15) is 0 Å². The first-order valence-corrected chi connectivity index (χ1v) is 11.9. The number of hydrogen-bond donors (Lipinski definition) is 8. The molecule has 0 radical (unpaired) electrons. The zero-order valence-corrected chi connectivity index (χ0v) is 20.5. The lowest BCUT2D eigenvalue weighted by Crippen LogP contribution is -2.65. The number of carbonyl (C=O) groups is 4. The fourth-order valence-electron chi connectivity index (χ4n) is 4.21. The lowest BCUT2D eigenvalue weighted by Gasteiger charge is -2.37. The van der Waals surface area contributed by atoms with Crippen molar-refractivity contribution in [2.45, 2.75) is 56.5 Å². The summed E-state index contributed by atoms with van der Waals surface area (Å²) in [4.78, 5) is 53.0. The molecule has 0 fully saturated rings. The SMILES string of the molecule is CC(CCCN1C(=O)C2=C(CCCC2)C1=O)(C(=O)NC(CO)(CO)CO)C(=O)NC(CO)(CO)CO. The van der Waals surface area contributed by atoms with Gasteiger partial charge in [0, 0.05) is 17.7 Å². The molecule has 8 N–H and O–H groups in total. The predicted octanol–water partition coefficient (Wildman–Crippen LogP) is -3.32. The molecule has 2 aliphatic rings. The largest absolute Gasteiger partial charge is 0.394 e. The Hall–Kier alpha value is -2.42. The molecule has 0 saturated carbocycles. The Kier molecular flexibility index (Phi) is 10.1. The quantitative estimate of drug-likeness (QED) is 0.0850. The van der Waals surface area contributed by atoms with Crippen molar-refractivity contribution in [1.29, 1.82) is 0 Å². The highest BCUT2D eigenvalue weighted by molar-refractivity contribution is 6.19. The summed E-state index contributed by atoms with van der Waals surface area (Å²) in [6.07, 6.45) is 2.46. The number of carbonyl (C=O) groups excluding carboxylic acids is 4. The fraction of sp³-hybridized carbons (Fsp3) is 0.739. The standard InChI is InChI=1S/C23H37N3O10/c1-21(19(35)24-22(9-27,10-28)11-29,20(36)25-23(12-30,13-31)14-32)7-4-8-26-17(33)15-5-2-3-6-16(15)18(26)34/h27-32H,2-14H2,1H3,(H,24,35)(H,25,36). The van der Waals surface area contributed by atoms with Crippen LogP contribution in [0.25, 0.3) is 0 Å². The molecule has 0 aromatic rings. The zero-order chi connectivity index (χ0) is 27.1. The van der Waals surface area contributed by atoms with E-state index in [-0.39, 0.29) is 31.2 Å². The molecule has 1 aliphatic heterocycles. The third-order valence-corrected chi connectivity index (χ3v) is 7.11. The van der Waals surface area contributed by atoms with Crippen LogP contribution in [0.2, 0.25) is 0 Å². The Morgan fingerprint density at radius 3 is 1.44 bits per heavy atom. The van der Waals surface area contributed by atoms with Crippen LogP contribution in [0.4, 0.5) is 0 Å². The first kappa shape index (κ1) is 29.8. The number of rotatable bonds is 14. The van der Waals surface area contributed by atoms with Gasteiger partial charge in [-0.05, 0) is 45.4 Å². The number of amides is 4. The maximum Gasteiger partial charge on any atom is 0.257 e. The summed E-state index contributed by atoms with van der Waals surface area (Å²) in [5, 5.41) is 62.1. The molecule has 0 atom stereocenters. The van der Waals surface area contributed by atoms with Gasteiger partial charge in [-0.15, -0.1) is 0 Å². The van der Waals surface area contributed by atoms with Gasteiger partial charge in [0.05, 0.1) is 39.6 Å². The van der Waals surface area contributed by atoms with Crippen LogP contribution < -0.4 is 10.6 Å². The monoisotopic (exact) mass is 515 g/mol. The minimum atomic E-state index is -1.98. The predicted molar refractivity (Wildman–Crippen MR) is 124 cm³/mol. The fourth-order valence-corrected chi connectivity index (χ4v) is 4.21. The van der Waals surface area contributed by atoms with Gasteiger partial charge >= 0.3 is 0 Å². The van der Waals surface area contributed by atoms with Gasteiger partial charge in [0.15, 0.2) is 0 Å². The van der Waals surface area contributed by atoms with Crippen molar-refractivity contribution in [3.63, 3.8) is 0 Å². The second-order valence-corrected chi connectivity index (χ2v) is 9.78. The highest BCUT2D eigenvalue weighted by Gasteiger charge is 2.47. The van der Waals surface area contributed by atoms with Crippen molar-refractivity contribution in [3.8, 4) is 0 Å². The molecule has 13 heteroatoms. The van der Waals surface area contributed by atoms with Crippen LogP contribution in [-0.4, -0.2) is 116 Å². The van der Waals surface area contributed by atoms with Crippen molar-refractivity contribution in [3.05, 3.63) is 11.1 Å². The van der Waals surface area contributed by atoms with E-state index >= 15 is 0 Å². The van der Waals surface area contributed by atoms with Crippen LogP contribution in [0, 0.1) is 5.41 Å². The Labute approximate surface area is 208 Å². The summed E-state index contributed by atoms with van der Waals surface area (Å²) >= 11 is 0. The zero-order valence-electron chi connectivity index (χ0n) is 20.5. The van der Waals surface area contributed by atoms with E-state index in [1.807, 2.05) is 0 Å². The molecule has 1 heterocycles. The normalized spacial score (nSPS) is 16.9. The van der Waals surface area contributed by atoms with Crippen molar-refractivity contribution in [2.75, 3.05) is 46.2 Å². The summed E-state index contributed by atoms with van der Waals surface area (Å²) in [5.74, 6) is -2.78. The Morgan fingerprint density at radius 1 is 0.750 bits per heavy atom. The minimum absolute atomic E-state index is 0.0180. The molecule has 36 heavy (non-hydrogen) atoms. The summed E-state index contributed by atoms with van der Waals surface area (Å²) < 4.78 is 0. The smallest absolute Gasteiger partial charge is 0.257 e. The highest BCUT2D eigenvalue weighted by Crippen LogP contribution is 2.34. The van der Waals surface area contributed by atoms with Gasteiger partial charge in [-0.3, -0.25) is 24.1 Å². The van der Waals surface area contributed by atoms with E-state index in [2.05, 4.69) is 10.6 Å². The first-order valence-electron chi connectivity index (χ1n) is 11.9. The highest BCUT2D eigenvalue weighted by atomic mass is 16.3. The Morgan fingerprint density at radius 2 is 1.11 bits per heavy atom. The van der Waals surface area contributed by atoms with Crippen LogP contribution >= 0.6 is 0 Å². The van der Waals surface area contributed by atoms with Crippen LogP contribution in [0.3, 0.4) is 0 Å².